The van der Waals surface area contributed by atoms with Gasteiger partial charge in [0.1, 0.15) is 6.04 Å². The number of hydrogen-bond acceptors (Lipinski definition) is 5. The Morgan fingerprint density at radius 1 is 1.33 bits per heavy atom. The first-order valence-corrected chi connectivity index (χ1v) is 7.32. The third kappa shape index (κ3) is 3.88. The second-order valence-corrected chi connectivity index (χ2v) is 5.42. The molecule has 21 heavy (non-hydrogen) atoms. The third-order valence-corrected chi connectivity index (χ3v) is 3.49. The van der Waals surface area contributed by atoms with E-state index < -0.39 is 0 Å². The molecule has 0 amide bonds. The summed E-state index contributed by atoms with van der Waals surface area (Å²) in [5.41, 5.74) is 0.990. The SMILES string of the molecule is COC(=O)C(NCc1cccc2c1OCCCO2)C(C)C. The molecule has 5 nitrogen and oxygen atoms in total. The molecule has 0 fully saturated rings. The Kier molecular flexibility index (Phi) is 5.44. The average molecular weight is 293 g/mol. The van der Waals surface area contributed by atoms with Crippen LogP contribution in [0.4, 0.5) is 0 Å². The Hall–Kier alpha value is -1.75. The standard InChI is InChI=1S/C16H23NO4/c1-11(2)14(16(18)19-3)17-10-12-6-4-7-13-15(12)21-9-5-8-20-13/h4,6-7,11,14,17H,5,8-10H2,1-3H3. The number of para-hydroxylation sites is 1. The fraction of sp³-hybridized carbons (Fsp3) is 0.562. The number of benzene rings is 1. The summed E-state index contributed by atoms with van der Waals surface area (Å²) in [4.78, 5) is 11.8. The van der Waals surface area contributed by atoms with Gasteiger partial charge in [-0.25, -0.2) is 0 Å². The summed E-state index contributed by atoms with van der Waals surface area (Å²) < 4.78 is 16.3. The Morgan fingerprint density at radius 2 is 2.10 bits per heavy atom. The molecule has 0 spiro atoms. The van der Waals surface area contributed by atoms with E-state index in [4.69, 9.17) is 14.2 Å². The fourth-order valence-corrected chi connectivity index (χ4v) is 2.33. The lowest BCUT2D eigenvalue weighted by Gasteiger charge is -2.21. The normalized spacial score (nSPS) is 15.4. The minimum absolute atomic E-state index is 0.150. The number of rotatable bonds is 5. The molecule has 0 radical (unpaired) electrons. The molecule has 0 saturated heterocycles. The predicted octanol–water partition coefficient (Wildman–Crippen LogP) is 2.14. The van der Waals surface area contributed by atoms with E-state index in [2.05, 4.69) is 5.32 Å². The quantitative estimate of drug-likeness (QED) is 0.843. The summed E-state index contributed by atoms with van der Waals surface area (Å²) in [5.74, 6) is 1.45. The molecule has 116 valence electrons. The van der Waals surface area contributed by atoms with Crippen molar-refractivity contribution in [2.24, 2.45) is 5.92 Å². The van der Waals surface area contributed by atoms with Crippen LogP contribution in [0.1, 0.15) is 25.8 Å². The van der Waals surface area contributed by atoms with Crippen molar-refractivity contribution in [2.45, 2.75) is 32.9 Å². The van der Waals surface area contributed by atoms with Crippen LogP contribution >= 0.6 is 0 Å². The van der Waals surface area contributed by atoms with Gasteiger partial charge in [0.25, 0.3) is 0 Å². The molecule has 5 heteroatoms. The van der Waals surface area contributed by atoms with E-state index in [0.717, 1.165) is 23.5 Å². The summed E-state index contributed by atoms with van der Waals surface area (Å²) in [7, 11) is 1.41. The number of carbonyl (C=O) groups excluding carboxylic acids is 1. The van der Waals surface area contributed by atoms with E-state index in [0.29, 0.717) is 19.8 Å². The molecule has 1 aromatic carbocycles. The Bertz CT molecular complexity index is 487. The molecule has 1 aromatic rings. The van der Waals surface area contributed by atoms with Crippen molar-refractivity contribution in [3.8, 4) is 11.5 Å². The lowest BCUT2D eigenvalue weighted by atomic mass is 10.0. The molecule has 1 atom stereocenters. The van der Waals surface area contributed by atoms with E-state index in [9.17, 15) is 4.79 Å². The Morgan fingerprint density at radius 3 is 2.81 bits per heavy atom. The monoisotopic (exact) mass is 293 g/mol. The van der Waals surface area contributed by atoms with Gasteiger partial charge in [0, 0.05) is 18.5 Å². The first-order valence-electron chi connectivity index (χ1n) is 7.32. The zero-order chi connectivity index (χ0) is 15.2. The minimum atomic E-state index is -0.336. The molecule has 1 heterocycles. The molecule has 1 unspecified atom stereocenters. The smallest absolute Gasteiger partial charge is 0.323 e. The van der Waals surface area contributed by atoms with Crippen LogP contribution in [0.5, 0.6) is 11.5 Å². The van der Waals surface area contributed by atoms with Crippen molar-refractivity contribution < 1.29 is 19.0 Å². The second-order valence-electron chi connectivity index (χ2n) is 5.42. The largest absolute Gasteiger partial charge is 0.490 e. The van der Waals surface area contributed by atoms with Crippen molar-refractivity contribution in [2.75, 3.05) is 20.3 Å². The van der Waals surface area contributed by atoms with Gasteiger partial charge < -0.3 is 14.2 Å². The molecule has 1 aliphatic heterocycles. The molecular formula is C16H23NO4. The number of carbonyl (C=O) groups is 1. The van der Waals surface area contributed by atoms with Gasteiger partial charge in [0.15, 0.2) is 11.5 Å². The minimum Gasteiger partial charge on any atom is -0.490 e. The lowest BCUT2D eigenvalue weighted by Crippen LogP contribution is -2.41. The van der Waals surface area contributed by atoms with Gasteiger partial charge in [0.2, 0.25) is 0 Å². The van der Waals surface area contributed by atoms with E-state index in [-0.39, 0.29) is 17.9 Å². The summed E-state index contributed by atoms with van der Waals surface area (Å²) in [5, 5.41) is 3.25. The summed E-state index contributed by atoms with van der Waals surface area (Å²) in [6.07, 6.45) is 0.873. The number of fused-ring (bicyclic) bond motifs is 1. The van der Waals surface area contributed by atoms with Crippen molar-refractivity contribution in [3.63, 3.8) is 0 Å². The van der Waals surface area contributed by atoms with Crippen molar-refractivity contribution >= 4 is 5.97 Å². The van der Waals surface area contributed by atoms with E-state index in [1.165, 1.54) is 7.11 Å². The molecule has 0 aliphatic carbocycles. The predicted molar refractivity (Wildman–Crippen MR) is 79.5 cm³/mol. The summed E-state index contributed by atoms with van der Waals surface area (Å²) in [6, 6.07) is 5.49. The number of esters is 1. The van der Waals surface area contributed by atoms with Crippen molar-refractivity contribution in [3.05, 3.63) is 23.8 Å². The maximum atomic E-state index is 11.8. The molecule has 1 aliphatic rings. The van der Waals surface area contributed by atoms with Gasteiger partial charge in [-0.2, -0.15) is 0 Å². The zero-order valence-electron chi connectivity index (χ0n) is 12.8. The molecule has 1 N–H and O–H groups in total. The highest BCUT2D eigenvalue weighted by molar-refractivity contribution is 5.75. The highest BCUT2D eigenvalue weighted by Gasteiger charge is 2.23. The number of hydrogen-bond donors (Lipinski definition) is 1. The van der Waals surface area contributed by atoms with Gasteiger partial charge in [0.05, 0.1) is 20.3 Å². The molecular weight excluding hydrogens is 270 g/mol. The van der Waals surface area contributed by atoms with E-state index in [1.807, 2.05) is 32.0 Å². The topological polar surface area (TPSA) is 56.8 Å². The van der Waals surface area contributed by atoms with Crippen LogP contribution in [0.25, 0.3) is 0 Å². The number of ether oxygens (including phenoxy) is 3. The van der Waals surface area contributed by atoms with Crippen molar-refractivity contribution in [1.82, 2.24) is 5.32 Å². The van der Waals surface area contributed by atoms with Crippen LogP contribution in [0.3, 0.4) is 0 Å². The van der Waals surface area contributed by atoms with Crippen LogP contribution in [0.2, 0.25) is 0 Å². The highest BCUT2D eigenvalue weighted by Crippen LogP contribution is 2.33. The lowest BCUT2D eigenvalue weighted by molar-refractivity contribution is -0.144. The van der Waals surface area contributed by atoms with Crippen molar-refractivity contribution in [1.29, 1.82) is 0 Å². The Balaban J connectivity index is 2.11. The van der Waals surface area contributed by atoms with Gasteiger partial charge in [-0.15, -0.1) is 0 Å². The third-order valence-electron chi connectivity index (χ3n) is 3.49. The first-order chi connectivity index (χ1) is 10.1. The van der Waals surface area contributed by atoms with Gasteiger partial charge >= 0.3 is 5.97 Å². The van der Waals surface area contributed by atoms with Crippen LogP contribution in [0.15, 0.2) is 18.2 Å². The van der Waals surface area contributed by atoms with Gasteiger partial charge in [-0.3, -0.25) is 10.1 Å². The summed E-state index contributed by atoms with van der Waals surface area (Å²) >= 11 is 0. The van der Waals surface area contributed by atoms with Crippen LogP contribution in [-0.2, 0) is 16.1 Å². The number of nitrogens with one attached hydrogen (secondary N) is 1. The maximum Gasteiger partial charge on any atom is 0.323 e. The van der Waals surface area contributed by atoms with Gasteiger partial charge in [-0.05, 0) is 12.0 Å². The van der Waals surface area contributed by atoms with E-state index in [1.54, 1.807) is 0 Å². The number of methoxy groups -OCH3 is 1. The first kappa shape index (κ1) is 15.6. The van der Waals surface area contributed by atoms with Gasteiger partial charge in [-0.1, -0.05) is 26.0 Å². The molecule has 2 rings (SSSR count). The fourth-order valence-electron chi connectivity index (χ4n) is 2.33. The van der Waals surface area contributed by atoms with E-state index >= 15 is 0 Å². The second kappa shape index (κ2) is 7.31. The molecule has 0 saturated carbocycles. The van der Waals surface area contributed by atoms with Crippen LogP contribution in [0, 0.1) is 5.92 Å². The molecule has 0 aromatic heterocycles. The zero-order valence-corrected chi connectivity index (χ0v) is 12.8. The average Bonchev–Trinajstić information content (AvgIpc) is 2.72. The summed E-state index contributed by atoms with van der Waals surface area (Å²) in [6.45, 7) is 5.82. The highest BCUT2D eigenvalue weighted by atomic mass is 16.5. The van der Waals surface area contributed by atoms with Crippen LogP contribution < -0.4 is 14.8 Å². The Labute approximate surface area is 125 Å². The maximum absolute atomic E-state index is 11.8. The van der Waals surface area contributed by atoms with Crippen LogP contribution in [-0.4, -0.2) is 32.3 Å². The molecule has 0 bridgehead atoms.